The fourth-order valence-corrected chi connectivity index (χ4v) is 3.68. The summed E-state index contributed by atoms with van der Waals surface area (Å²) in [5, 5.41) is 6.81. The summed E-state index contributed by atoms with van der Waals surface area (Å²) >= 11 is 1.76. The number of anilines is 2. The maximum Gasteiger partial charge on any atom is 0.223 e. The summed E-state index contributed by atoms with van der Waals surface area (Å²) in [5.74, 6) is 1.81. The Morgan fingerprint density at radius 1 is 1.23 bits per heavy atom. The summed E-state index contributed by atoms with van der Waals surface area (Å²) in [4.78, 5) is 15.6. The van der Waals surface area contributed by atoms with Gasteiger partial charge in [-0.3, -0.25) is 0 Å². The van der Waals surface area contributed by atoms with Crippen LogP contribution in [0.15, 0.2) is 36.0 Å². The molecule has 22 heavy (non-hydrogen) atoms. The molecular weight excluding hydrogens is 294 g/mol. The van der Waals surface area contributed by atoms with E-state index in [2.05, 4.69) is 42.7 Å². The lowest BCUT2D eigenvalue weighted by Crippen LogP contribution is -2.27. The molecule has 3 aromatic heterocycles. The first-order chi connectivity index (χ1) is 10.8. The molecule has 1 aliphatic rings. The van der Waals surface area contributed by atoms with E-state index < -0.39 is 0 Å². The van der Waals surface area contributed by atoms with Crippen molar-refractivity contribution in [2.24, 2.45) is 0 Å². The van der Waals surface area contributed by atoms with Gasteiger partial charge in [-0.05, 0) is 36.9 Å². The number of fused-ring (bicyclic) bond motifs is 1. The Morgan fingerprint density at radius 2 is 2.14 bits per heavy atom. The minimum Gasteiger partial charge on any atom is -0.354 e. The van der Waals surface area contributed by atoms with E-state index in [1.807, 2.05) is 19.2 Å². The summed E-state index contributed by atoms with van der Waals surface area (Å²) in [6.45, 7) is 3.92. The number of nitrogens with zero attached hydrogens (tertiary/aromatic N) is 4. The molecule has 0 spiro atoms. The van der Waals surface area contributed by atoms with Crippen molar-refractivity contribution in [3.05, 3.63) is 41.7 Å². The Hall–Kier alpha value is -2.21. The quantitative estimate of drug-likeness (QED) is 0.805. The monoisotopic (exact) mass is 311 g/mol. The number of pyridine rings is 1. The van der Waals surface area contributed by atoms with Crippen LogP contribution in [-0.4, -0.2) is 34.1 Å². The topological polar surface area (TPSA) is 53.9 Å². The number of hydrogen-bond acceptors (Lipinski definition) is 6. The zero-order valence-electron chi connectivity index (χ0n) is 12.4. The van der Waals surface area contributed by atoms with Gasteiger partial charge in [-0.2, -0.15) is 0 Å². The van der Waals surface area contributed by atoms with E-state index in [0.717, 1.165) is 31.0 Å². The molecule has 0 radical (unpaired) electrons. The van der Waals surface area contributed by atoms with E-state index in [9.17, 15) is 0 Å². The van der Waals surface area contributed by atoms with Gasteiger partial charge in [-0.25, -0.2) is 15.0 Å². The third-order valence-electron chi connectivity index (χ3n) is 3.97. The van der Waals surface area contributed by atoms with E-state index in [1.165, 1.54) is 10.1 Å². The summed E-state index contributed by atoms with van der Waals surface area (Å²) in [5.41, 5.74) is 0.983. The molecule has 0 saturated carbocycles. The van der Waals surface area contributed by atoms with Crippen LogP contribution in [0.3, 0.4) is 0 Å². The predicted molar refractivity (Wildman–Crippen MR) is 90.6 cm³/mol. The average molecular weight is 311 g/mol. The van der Waals surface area contributed by atoms with E-state index in [1.54, 1.807) is 17.5 Å². The molecular formula is C16H17N5S. The van der Waals surface area contributed by atoms with Gasteiger partial charge in [0.25, 0.3) is 0 Å². The van der Waals surface area contributed by atoms with E-state index in [4.69, 9.17) is 0 Å². The molecule has 1 atom stereocenters. The van der Waals surface area contributed by atoms with Crippen molar-refractivity contribution >= 4 is 33.2 Å². The van der Waals surface area contributed by atoms with Gasteiger partial charge in [-0.1, -0.05) is 0 Å². The Labute approximate surface area is 133 Å². The van der Waals surface area contributed by atoms with Crippen molar-refractivity contribution in [1.82, 2.24) is 15.0 Å². The highest BCUT2D eigenvalue weighted by molar-refractivity contribution is 7.17. The van der Waals surface area contributed by atoms with Gasteiger partial charge in [0.05, 0.1) is 0 Å². The number of aryl methyl sites for hydroxylation is 1. The molecule has 5 nitrogen and oxygen atoms in total. The molecule has 1 N–H and O–H groups in total. The summed E-state index contributed by atoms with van der Waals surface area (Å²) in [7, 11) is 0. The molecule has 112 valence electrons. The third-order valence-corrected chi connectivity index (χ3v) is 4.86. The minimum atomic E-state index is 0.359. The number of hydrogen-bond donors (Lipinski definition) is 1. The van der Waals surface area contributed by atoms with Gasteiger partial charge < -0.3 is 10.2 Å². The number of aromatic nitrogens is 3. The third kappa shape index (κ3) is 2.50. The second-order valence-electron chi connectivity index (χ2n) is 5.56. The van der Waals surface area contributed by atoms with Crippen LogP contribution in [0.25, 0.3) is 10.1 Å². The fraction of sp³-hybridized carbons (Fsp3) is 0.312. The van der Waals surface area contributed by atoms with Crippen LogP contribution in [0.2, 0.25) is 0 Å². The number of rotatable bonds is 3. The van der Waals surface area contributed by atoms with Gasteiger partial charge in [0, 0.05) is 47.3 Å². The molecule has 0 bridgehead atoms. The SMILES string of the molecule is Cc1ccnc(NC2CCN(c3nccc4sccc34)C2)n1. The summed E-state index contributed by atoms with van der Waals surface area (Å²) < 4.78 is 1.29. The minimum absolute atomic E-state index is 0.359. The molecule has 6 heteroatoms. The first-order valence-electron chi connectivity index (χ1n) is 7.43. The van der Waals surface area contributed by atoms with Crippen molar-refractivity contribution in [1.29, 1.82) is 0 Å². The molecule has 1 fully saturated rings. The standard InChI is InChI=1S/C16H17N5S/c1-11-2-6-18-16(19-11)20-12-4-8-21(10-12)15-13-5-9-22-14(13)3-7-17-15/h2-3,5-7,9,12H,4,8,10H2,1H3,(H,18,19,20). The van der Waals surface area contributed by atoms with Crippen molar-refractivity contribution < 1.29 is 0 Å². The van der Waals surface area contributed by atoms with E-state index in [0.29, 0.717) is 12.0 Å². The first kappa shape index (κ1) is 13.5. The molecule has 0 amide bonds. The van der Waals surface area contributed by atoms with Crippen molar-refractivity contribution in [3.8, 4) is 0 Å². The normalized spacial score (nSPS) is 18.0. The van der Waals surface area contributed by atoms with Crippen molar-refractivity contribution in [2.75, 3.05) is 23.3 Å². The van der Waals surface area contributed by atoms with Gasteiger partial charge in [-0.15, -0.1) is 11.3 Å². The number of nitrogens with one attached hydrogen (secondary N) is 1. The Bertz CT molecular complexity index is 800. The van der Waals surface area contributed by atoms with Gasteiger partial charge >= 0.3 is 0 Å². The zero-order valence-corrected chi connectivity index (χ0v) is 13.2. The zero-order chi connectivity index (χ0) is 14.9. The molecule has 3 aromatic rings. The van der Waals surface area contributed by atoms with Crippen LogP contribution in [0.1, 0.15) is 12.1 Å². The van der Waals surface area contributed by atoms with Crippen LogP contribution >= 0.6 is 11.3 Å². The molecule has 4 rings (SSSR count). The van der Waals surface area contributed by atoms with Crippen LogP contribution in [-0.2, 0) is 0 Å². The van der Waals surface area contributed by atoms with E-state index >= 15 is 0 Å². The first-order valence-corrected chi connectivity index (χ1v) is 8.31. The molecule has 1 saturated heterocycles. The van der Waals surface area contributed by atoms with Crippen LogP contribution in [0.5, 0.6) is 0 Å². The lowest BCUT2D eigenvalue weighted by atomic mass is 10.3. The smallest absolute Gasteiger partial charge is 0.223 e. The second kappa shape index (κ2) is 5.53. The Balaban J connectivity index is 1.51. The highest BCUT2D eigenvalue weighted by Gasteiger charge is 2.25. The van der Waals surface area contributed by atoms with Crippen LogP contribution in [0, 0.1) is 6.92 Å². The molecule has 1 unspecified atom stereocenters. The summed E-state index contributed by atoms with van der Waals surface area (Å²) in [6.07, 6.45) is 4.77. The molecule has 0 aliphatic carbocycles. The highest BCUT2D eigenvalue weighted by Crippen LogP contribution is 2.30. The summed E-state index contributed by atoms with van der Waals surface area (Å²) in [6, 6.07) is 6.51. The fourth-order valence-electron chi connectivity index (χ4n) is 2.90. The van der Waals surface area contributed by atoms with Gasteiger partial charge in [0.15, 0.2) is 0 Å². The Kier molecular flexibility index (Phi) is 3.38. The van der Waals surface area contributed by atoms with Crippen molar-refractivity contribution in [2.45, 2.75) is 19.4 Å². The van der Waals surface area contributed by atoms with E-state index in [-0.39, 0.29) is 0 Å². The van der Waals surface area contributed by atoms with Crippen LogP contribution in [0.4, 0.5) is 11.8 Å². The average Bonchev–Trinajstić information content (AvgIpc) is 3.15. The van der Waals surface area contributed by atoms with Crippen LogP contribution < -0.4 is 10.2 Å². The maximum absolute atomic E-state index is 4.59. The van der Waals surface area contributed by atoms with Gasteiger partial charge in [0.2, 0.25) is 5.95 Å². The maximum atomic E-state index is 4.59. The Morgan fingerprint density at radius 3 is 3.05 bits per heavy atom. The lowest BCUT2D eigenvalue weighted by molar-refractivity contribution is 0.790. The molecule has 1 aliphatic heterocycles. The molecule has 0 aromatic carbocycles. The molecule has 4 heterocycles. The highest BCUT2D eigenvalue weighted by atomic mass is 32.1. The predicted octanol–water partition coefficient (Wildman–Crippen LogP) is 3.09. The second-order valence-corrected chi connectivity index (χ2v) is 6.51. The lowest BCUT2D eigenvalue weighted by Gasteiger charge is -2.18. The van der Waals surface area contributed by atoms with Crippen molar-refractivity contribution in [3.63, 3.8) is 0 Å². The largest absolute Gasteiger partial charge is 0.354 e. The number of thiophene rings is 1. The van der Waals surface area contributed by atoms with Gasteiger partial charge in [0.1, 0.15) is 5.82 Å².